The smallest absolute Gasteiger partial charge is 0.142 e. The van der Waals surface area contributed by atoms with E-state index < -0.39 is 6.10 Å². The van der Waals surface area contributed by atoms with Gasteiger partial charge in [-0.2, -0.15) is 0 Å². The van der Waals surface area contributed by atoms with Gasteiger partial charge in [0.2, 0.25) is 0 Å². The number of nitrogens with zero attached hydrogens (tertiary/aromatic N) is 1. The van der Waals surface area contributed by atoms with Crippen molar-refractivity contribution in [3.05, 3.63) is 100 Å². The summed E-state index contributed by atoms with van der Waals surface area (Å²) < 4.78 is 11.8. The zero-order valence-corrected chi connectivity index (χ0v) is 20.0. The molecule has 3 unspecified atom stereocenters. The zero-order valence-electron chi connectivity index (χ0n) is 19.3. The topological polar surface area (TPSA) is 60.3 Å². The summed E-state index contributed by atoms with van der Waals surface area (Å²) in [6.07, 6.45) is 2.30. The van der Waals surface area contributed by atoms with Crippen LogP contribution in [-0.2, 0) is 22.6 Å². The quantitative estimate of drug-likeness (QED) is 0.297. The Balaban J connectivity index is 1.39. The molecule has 3 aromatic carbocycles. The average Bonchev–Trinajstić information content (AvgIpc) is 2.85. The van der Waals surface area contributed by atoms with Crippen LogP contribution in [0.25, 0.3) is 0 Å². The Morgan fingerprint density at radius 3 is 2.59 bits per heavy atom. The third-order valence-corrected chi connectivity index (χ3v) is 6.14. The van der Waals surface area contributed by atoms with Crippen molar-refractivity contribution in [2.24, 2.45) is 5.16 Å². The van der Waals surface area contributed by atoms with Gasteiger partial charge in [-0.05, 0) is 53.8 Å². The molecule has 1 fully saturated rings. The number of hydrogen-bond acceptors (Lipinski definition) is 5. The number of benzene rings is 3. The van der Waals surface area contributed by atoms with E-state index in [4.69, 9.17) is 25.9 Å². The molecule has 1 saturated heterocycles. The summed E-state index contributed by atoms with van der Waals surface area (Å²) in [6, 6.07) is 23.8. The lowest BCUT2D eigenvalue weighted by molar-refractivity contribution is -0.0691. The van der Waals surface area contributed by atoms with Gasteiger partial charge in [0, 0.05) is 17.9 Å². The Bertz CT molecular complexity index is 1070. The lowest BCUT2D eigenvalue weighted by Crippen LogP contribution is -2.32. The van der Waals surface area contributed by atoms with E-state index in [1.165, 1.54) is 0 Å². The van der Waals surface area contributed by atoms with Gasteiger partial charge in [-0.1, -0.05) is 71.4 Å². The molecule has 34 heavy (non-hydrogen) atoms. The Morgan fingerprint density at radius 2 is 1.82 bits per heavy atom. The van der Waals surface area contributed by atoms with Gasteiger partial charge in [0.05, 0.1) is 31.1 Å². The summed E-state index contributed by atoms with van der Waals surface area (Å²) in [5.41, 5.74) is 4.20. The first-order valence-electron chi connectivity index (χ1n) is 11.6. The molecule has 1 aliphatic heterocycles. The molecule has 6 heteroatoms. The van der Waals surface area contributed by atoms with Crippen molar-refractivity contribution in [3.8, 4) is 5.75 Å². The molecule has 0 bridgehead atoms. The van der Waals surface area contributed by atoms with Crippen LogP contribution in [0.2, 0.25) is 5.02 Å². The fourth-order valence-corrected chi connectivity index (χ4v) is 4.25. The van der Waals surface area contributed by atoms with Crippen molar-refractivity contribution in [2.45, 2.75) is 51.1 Å². The Hall–Kier alpha value is -2.86. The van der Waals surface area contributed by atoms with E-state index in [2.05, 4.69) is 23.4 Å². The third kappa shape index (κ3) is 6.83. The van der Waals surface area contributed by atoms with Crippen LogP contribution in [0.3, 0.4) is 0 Å². The minimum atomic E-state index is -0.477. The van der Waals surface area contributed by atoms with Crippen LogP contribution in [0.15, 0.2) is 78.0 Å². The second-order valence-electron chi connectivity index (χ2n) is 8.41. The van der Waals surface area contributed by atoms with Gasteiger partial charge in [0.25, 0.3) is 0 Å². The van der Waals surface area contributed by atoms with E-state index >= 15 is 0 Å². The first kappa shape index (κ1) is 24.3. The van der Waals surface area contributed by atoms with Gasteiger partial charge in [-0.25, -0.2) is 0 Å². The van der Waals surface area contributed by atoms with Crippen LogP contribution in [0, 0.1) is 0 Å². The number of rotatable bonds is 9. The van der Waals surface area contributed by atoms with Crippen LogP contribution >= 0.6 is 11.6 Å². The second kappa shape index (κ2) is 12.0. The fraction of sp³-hybridized carbons (Fsp3) is 0.321. The van der Waals surface area contributed by atoms with Gasteiger partial charge in [0.1, 0.15) is 12.4 Å². The summed E-state index contributed by atoms with van der Waals surface area (Å²) in [5.74, 6) is 0.858. The second-order valence-corrected chi connectivity index (χ2v) is 8.81. The summed E-state index contributed by atoms with van der Waals surface area (Å²) in [5, 5.41) is 15.2. The molecule has 3 aromatic rings. The predicted molar refractivity (Wildman–Crippen MR) is 134 cm³/mol. The third-order valence-electron chi connectivity index (χ3n) is 5.78. The first-order chi connectivity index (χ1) is 16.6. The number of halogens is 1. The van der Waals surface area contributed by atoms with Gasteiger partial charge in [0.15, 0.2) is 0 Å². The van der Waals surface area contributed by atoms with Crippen molar-refractivity contribution < 1.29 is 19.4 Å². The largest absolute Gasteiger partial charge is 0.494 e. The standard InChI is InChI=1S/C28H30ClNO4/c1-2-32-25-11-8-20(9-12-25)14-23-15-22(10-13-27(23)29)28-17-24(31)16-26(34-28)18-30-33-19-21-6-4-3-5-7-21/h3-13,15,18,24,26,28,31H,2,14,16-17,19H2,1H3. The van der Waals surface area contributed by atoms with Crippen molar-refractivity contribution in [1.82, 2.24) is 0 Å². The summed E-state index contributed by atoms with van der Waals surface area (Å²) in [7, 11) is 0. The number of ether oxygens (including phenoxy) is 2. The molecule has 178 valence electrons. The monoisotopic (exact) mass is 479 g/mol. The summed E-state index contributed by atoms with van der Waals surface area (Å²) >= 11 is 6.51. The Kier molecular flexibility index (Phi) is 8.58. The highest BCUT2D eigenvalue weighted by Gasteiger charge is 2.29. The van der Waals surface area contributed by atoms with E-state index in [9.17, 15) is 5.11 Å². The molecule has 1 N–H and O–H groups in total. The normalized spacial score (nSPS) is 20.4. The lowest BCUT2D eigenvalue weighted by atomic mass is 9.94. The molecular weight excluding hydrogens is 450 g/mol. The van der Waals surface area contributed by atoms with Crippen LogP contribution in [0.1, 0.15) is 48.1 Å². The average molecular weight is 480 g/mol. The highest BCUT2D eigenvalue weighted by atomic mass is 35.5. The van der Waals surface area contributed by atoms with Crippen molar-refractivity contribution in [1.29, 1.82) is 0 Å². The summed E-state index contributed by atoms with van der Waals surface area (Å²) in [4.78, 5) is 5.40. The molecule has 3 atom stereocenters. The van der Waals surface area contributed by atoms with Crippen molar-refractivity contribution in [3.63, 3.8) is 0 Å². The summed E-state index contributed by atoms with van der Waals surface area (Å²) in [6.45, 7) is 3.01. The zero-order chi connectivity index (χ0) is 23.8. The van der Waals surface area contributed by atoms with E-state index in [1.807, 2.05) is 61.5 Å². The SMILES string of the molecule is CCOc1ccc(Cc2cc(C3CC(O)CC(C=NOCc4ccccc4)O3)ccc2Cl)cc1. The van der Waals surface area contributed by atoms with Crippen molar-refractivity contribution in [2.75, 3.05) is 6.61 Å². The number of aliphatic hydroxyl groups is 1. The Labute approximate surface area is 205 Å². The van der Waals surface area contributed by atoms with E-state index in [0.717, 1.165) is 28.0 Å². The minimum absolute atomic E-state index is 0.245. The van der Waals surface area contributed by atoms with Crippen molar-refractivity contribution >= 4 is 17.8 Å². The number of aliphatic hydroxyl groups excluding tert-OH is 1. The molecule has 0 spiro atoms. The van der Waals surface area contributed by atoms with Gasteiger partial charge in [-0.3, -0.25) is 0 Å². The number of oxime groups is 1. The molecule has 0 aliphatic carbocycles. The molecule has 5 nitrogen and oxygen atoms in total. The minimum Gasteiger partial charge on any atom is -0.494 e. The van der Waals surface area contributed by atoms with Gasteiger partial charge >= 0.3 is 0 Å². The molecule has 1 heterocycles. The molecule has 4 rings (SSSR count). The van der Waals surface area contributed by atoms with E-state index in [-0.39, 0.29) is 12.2 Å². The molecule has 0 aromatic heterocycles. The van der Waals surface area contributed by atoms with Crippen LogP contribution in [0.4, 0.5) is 0 Å². The maximum Gasteiger partial charge on any atom is 0.142 e. The molecular formula is C28H30ClNO4. The molecule has 1 aliphatic rings. The lowest BCUT2D eigenvalue weighted by Gasteiger charge is -2.31. The molecule has 0 saturated carbocycles. The van der Waals surface area contributed by atoms with E-state index in [0.29, 0.717) is 37.5 Å². The number of hydrogen-bond donors (Lipinski definition) is 1. The Morgan fingerprint density at radius 1 is 1.03 bits per heavy atom. The molecule has 0 amide bonds. The maximum absolute atomic E-state index is 10.5. The van der Waals surface area contributed by atoms with Crippen LogP contribution in [0.5, 0.6) is 5.75 Å². The molecule has 0 radical (unpaired) electrons. The van der Waals surface area contributed by atoms with Gasteiger partial charge in [-0.15, -0.1) is 0 Å². The maximum atomic E-state index is 10.5. The van der Waals surface area contributed by atoms with Crippen LogP contribution in [-0.4, -0.2) is 30.1 Å². The first-order valence-corrected chi connectivity index (χ1v) is 12.0. The van der Waals surface area contributed by atoms with E-state index in [1.54, 1.807) is 6.21 Å². The predicted octanol–water partition coefficient (Wildman–Crippen LogP) is 6.11. The van der Waals surface area contributed by atoms with Crippen LogP contribution < -0.4 is 4.74 Å². The van der Waals surface area contributed by atoms with Gasteiger partial charge < -0.3 is 19.4 Å². The highest BCUT2D eigenvalue weighted by molar-refractivity contribution is 6.31. The fourth-order valence-electron chi connectivity index (χ4n) is 4.06. The highest BCUT2D eigenvalue weighted by Crippen LogP contribution is 2.33.